The van der Waals surface area contributed by atoms with Crippen LogP contribution in [0.5, 0.6) is 5.75 Å². The minimum Gasteiger partial charge on any atom is -0.488 e. The van der Waals surface area contributed by atoms with Gasteiger partial charge in [-0.25, -0.2) is 0 Å². The average molecular weight is 490 g/mol. The number of anilines is 1. The van der Waals surface area contributed by atoms with Gasteiger partial charge in [-0.3, -0.25) is 9.59 Å². The molecule has 0 spiro atoms. The fraction of sp³-hybridized carbons (Fsp3) is 0.280. The molecule has 2 aromatic carbocycles. The number of carbonyl (C=O) groups is 2. The monoisotopic (exact) mass is 489 g/mol. The molecule has 0 saturated heterocycles. The van der Waals surface area contributed by atoms with Gasteiger partial charge in [-0.05, 0) is 41.8 Å². The third-order valence-electron chi connectivity index (χ3n) is 5.52. The standard InChI is InChI=1S/C25H22F3NO4S/c1-32-23(31)10-9-22(30)29-12-11-17-13-18(7-8-21(17)29)33-15-19-14-20(16-5-3-2-4-6-16)24(34-19)25(26,27)28/h2-8,13-14H,9-12,15H2,1H3. The van der Waals surface area contributed by atoms with Crippen LogP contribution in [0.1, 0.15) is 28.2 Å². The zero-order valence-corrected chi connectivity index (χ0v) is 19.2. The number of rotatable bonds is 7. The van der Waals surface area contributed by atoms with Crippen LogP contribution in [0.3, 0.4) is 0 Å². The number of methoxy groups -OCH3 is 1. The largest absolute Gasteiger partial charge is 0.488 e. The highest BCUT2D eigenvalue weighted by atomic mass is 32.1. The molecule has 34 heavy (non-hydrogen) atoms. The number of hydrogen-bond donors (Lipinski definition) is 0. The lowest BCUT2D eigenvalue weighted by atomic mass is 10.1. The lowest BCUT2D eigenvalue weighted by Gasteiger charge is -2.17. The van der Waals surface area contributed by atoms with Crippen molar-refractivity contribution < 1.29 is 32.2 Å². The second-order valence-electron chi connectivity index (χ2n) is 7.77. The summed E-state index contributed by atoms with van der Waals surface area (Å²) in [6.45, 7) is 0.500. The molecule has 0 radical (unpaired) electrons. The molecule has 0 bridgehead atoms. The van der Waals surface area contributed by atoms with Crippen molar-refractivity contribution in [3.63, 3.8) is 0 Å². The van der Waals surface area contributed by atoms with Gasteiger partial charge in [-0.15, -0.1) is 11.3 Å². The Kier molecular flexibility index (Phi) is 6.92. The molecule has 1 aliphatic heterocycles. The van der Waals surface area contributed by atoms with E-state index >= 15 is 0 Å². The first kappa shape index (κ1) is 23.8. The van der Waals surface area contributed by atoms with E-state index in [1.165, 1.54) is 13.2 Å². The van der Waals surface area contributed by atoms with Crippen molar-refractivity contribution in [3.8, 4) is 16.9 Å². The van der Waals surface area contributed by atoms with Crippen LogP contribution >= 0.6 is 11.3 Å². The van der Waals surface area contributed by atoms with E-state index in [0.717, 1.165) is 11.3 Å². The Morgan fingerprint density at radius 3 is 2.53 bits per heavy atom. The molecular weight excluding hydrogens is 467 g/mol. The van der Waals surface area contributed by atoms with Crippen LogP contribution in [0.4, 0.5) is 18.9 Å². The summed E-state index contributed by atoms with van der Waals surface area (Å²) in [7, 11) is 1.28. The number of hydrogen-bond acceptors (Lipinski definition) is 5. The first-order chi connectivity index (χ1) is 16.3. The third kappa shape index (κ3) is 5.25. The Balaban J connectivity index is 1.46. The first-order valence-electron chi connectivity index (χ1n) is 10.6. The highest BCUT2D eigenvalue weighted by molar-refractivity contribution is 7.12. The molecule has 0 N–H and O–H groups in total. The Morgan fingerprint density at radius 2 is 1.82 bits per heavy atom. The van der Waals surface area contributed by atoms with Gasteiger partial charge in [0.15, 0.2) is 0 Å². The molecule has 9 heteroatoms. The Hall–Kier alpha value is -3.33. The lowest BCUT2D eigenvalue weighted by Crippen LogP contribution is -2.29. The van der Waals surface area contributed by atoms with Crippen LogP contribution in [0.15, 0.2) is 54.6 Å². The normalized spacial score (nSPS) is 13.0. The number of nitrogens with zero attached hydrogens (tertiary/aromatic N) is 1. The van der Waals surface area contributed by atoms with Crippen LogP contribution in [-0.2, 0) is 33.5 Å². The predicted octanol–water partition coefficient (Wildman–Crippen LogP) is 5.86. The molecule has 5 nitrogen and oxygen atoms in total. The molecule has 0 unspecified atom stereocenters. The molecule has 3 aromatic rings. The summed E-state index contributed by atoms with van der Waals surface area (Å²) >= 11 is 0.679. The summed E-state index contributed by atoms with van der Waals surface area (Å²) < 4.78 is 51.2. The van der Waals surface area contributed by atoms with Gasteiger partial charge >= 0.3 is 12.1 Å². The molecule has 2 heterocycles. The zero-order chi connectivity index (χ0) is 24.3. The maximum Gasteiger partial charge on any atom is 0.426 e. The van der Waals surface area contributed by atoms with Gasteiger partial charge in [-0.2, -0.15) is 13.2 Å². The van der Waals surface area contributed by atoms with E-state index in [0.29, 0.717) is 40.5 Å². The van der Waals surface area contributed by atoms with Crippen molar-refractivity contribution in [3.05, 3.63) is 69.9 Å². The Bertz CT molecular complexity index is 1190. The van der Waals surface area contributed by atoms with E-state index < -0.39 is 17.0 Å². The third-order valence-corrected chi connectivity index (χ3v) is 6.68. The van der Waals surface area contributed by atoms with Crippen LogP contribution in [0, 0.1) is 0 Å². The average Bonchev–Trinajstić information content (AvgIpc) is 3.46. The van der Waals surface area contributed by atoms with Gasteiger partial charge < -0.3 is 14.4 Å². The van der Waals surface area contributed by atoms with E-state index in [9.17, 15) is 22.8 Å². The number of halogens is 3. The van der Waals surface area contributed by atoms with Crippen molar-refractivity contribution in [2.24, 2.45) is 0 Å². The van der Waals surface area contributed by atoms with Gasteiger partial charge in [-0.1, -0.05) is 30.3 Å². The van der Waals surface area contributed by atoms with E-state index in [4.69, 9.17) is 4.74 Å². The van der Waals surface area contributed by atoms with E-state index in [1.54, 1.807) is 53.4 Å². The minimum atomic E-state index is -4.45. The Morgan fingerprint density at radius 1 is 1.06 bits per heavy atom. The molecule has 1 aromatic heterocycles. The summed E-state index contributed by atoms with van der Waals surface area (Å²) in [4.78, 5) is 25.2. The number of alkyl halides is 3. The van der Waals surface area contributed by atoms with Gasteiger partial charge in [0.25, 0.3) is 0 Å². The van der Waals surface area contributed by atoms with E-state index in [1.807, 2.05) is 0 Å². The molecule has 1 aliphatic rings. The van der Waals surface area contributed by atoms with Crippen LogP contribution < -0.4 is 9.64 Å². The lowest BCUT2D eigenvalue weighted by molar-refractivity contribution is -0.141. The summed E-state index contributed by atoms with van der Waals surface area (Å²) in [6.07, 6.45) is -3.74. The molecule has 0 saturated carbocycles. The van der Waals surface area contributed by atoms with Crippen molar-refractivity contribution in [2.75, 3.05) is 18.6 Å². The second kappa shape index (κ2) is 9.89. The van der Waals surface area contributed by atoms with E-state index in [2.05, 4.69) is 4.74 Å². The molecule has 0 atom stereocenters. The maximum absolute atomic E-state index is 13.6. The summed E-state index contributed by atoms with van der Waals surface area (Å²) in [5, 5.41) is 0. The number of thiophene rings is 1. The highest BCUT2D eigenvalue weighted by Gasteiger charge is 2.36. The fourth-order valence-corrected chi connectivity index (χ4v) is 4.84. The van der Waals surface area contributed by atoms with Crippen molar-refractivity contribution >= 4 is 28.9 Å². The van der Waals surface area contributed by atoms with Crippen molar-refractivity contribution in [1.29, 1.82) is 0 Å². The van der Waals surface area contributed by atoms with Crippen LogP contribution in [0.2, 0.25) is 0 Å². The summed E-state index contributed by atoms with van der Waals surface area (Å²) in [5.74, 6) is -0.0791. The molecule has 178 valence electrons. The van der Waals surface area contributed by atoms with Gasteiger partial charge in [0.2, 0.25) is 5.91 Å². The summed E-state index contributed by atoms with van der Waals surface area (Å²) in [6, 6.07) is 15.3. The summed E-state index contributed by atoms with van der Waals surface area (Å²) in [5.41, 5.74) is 2.32. The topological polar surface area (TPSA) is 55.8 Å². The minimum absolute atomic E-state index is 0.00113. The maximum atomic E-state index is 13.6. The van der Waals surface area contributed by atoms with Gasteiger partial charge in [0.05, 0.1) is 13.5 Å². The smallest absolute Gasteiger partial charge is 0.426 e. The molecule has 1 amide bonds. The first-order valence-corrected chi connectivity index (χ1v) is 11.5. The number of benzene rings is 2. The zero-order valence-electron chi connectivity index (χ0n) is 18.4. The number of carbonyl (C=O) groups excluding carboxylic acids is 2. The van der Waals surface area contributed by atoms with Crippen LogP contribution in [-0.4, -0.2) is 25.5 Å². The molecular formula is C25H22F3NO4S. The van der Waals surface area contributed by atoms with Crippen molar-refractivity contribution in [2.45, 2.75) is 32.0 Å². The SMILES string of the molecule is COC(=O)CCC(=O)N1CCc2cc(OCc3cc(-c4ccccc4)c(C(F)(F)F)s3)ccc21. The van der Waals surface area contributed by atoms with Gasteiger partial charge in [0.1, 0.15) is 17.2 Å². The fourth-order valence-electron chi connectivity index (χ4n) is 3.88. The highest BCUT2D eigenvalue weighted by Crippen LogP contribution is 2.43. The quantitative estimate of drug-likeness (QED) is 0.391. The van der Waals surface area contributed by atoms with E-state index in [-0.39, 0.29) is 30.9 Å². The van der Waals surface area contributed by atoms with Crippen LogP contribution in [0.25, 0.3) is 11.1 Å². The molecule has 0 fully saturated rings. The van der Waals surface area contributed by atoms with Gasteiger partial charge in [0, 0.05) is 29.1 Å². The number of amides is 1. The second-order valence-corrected chi connectivity index (χ2v) is 8.91. The van der Waals surface area contributed by atoms with Crippen molar-refractivity contribution in [1.82, 2.24) is 0 Å². The predicted molar refractivity (Wildman–Crippen MR) is 123 cm³/mol. The number of esters is 1. The number of ether oxygens (including phenoxy) is 2. The molecule has 0 aliphatic carbocycles. The molecule has 4 rings (SSSR count). The Labute approximate surface area is 198 Å². The number of fused-ring (bicyclic) bond motifs is 1.